The summed E-state index contributed by atoms with van der Waals surface area (Å²) >= 11 is 0. The van der Waals surface area contributed by atoms with Crippen LogP contribution in [0, 0.1) is 11.3 Å². The number of aromatic nitrogens is 1. The number of likely N-dealkylation sites (tertiary alicyclic amines) is 1. The minimum atomic E-state index is -3.88. The van der Waals surface area contributed by atoms with Crippen molar-refractivity contribution < 1.29 is 37.1 Å². The lowest BCUT2D eigenvalue weighted by atomic mass is 9.85. The molecule has 2 aromatic rings. The maximum atomic E-state index is 14.5. The molecule has 1 saturated heterocycles. The molecule has 0 unspecified atom stereocenters. The van der Waals surface area contributed by atoms with Crippen LogP contribution in [0.3, 0.4) is 0 Å². The second-order valence-corrected chi connectivity index (χ2v) is 17.2. The van der Waals surface area contributed by atoms with Crippen molar-refractivity contribution in [2.75, 3.05) is 13.7 Å². The highest BCUT2D eigenvalue weighted by Gasteiger charge is 2.62. The molecule has 5 amide bonds. The number of rotatable bonds is 12. The van der Waals surface area contributed by atoms with Crippen molar-refractivity contribution in [2.45, 2.75) is 107 Å². The Bertz CT molecular complexity index is 1820. The van der Waals surface area contributed by atoms with Crippen molar-refractivity contribution in [1.82, 2.24) is 30.6 Å². The van der Waals surface area contributed by atoms with E-state index in [0.29, 0.717) is 29.9 Å². The van der Waals surface area contributed by atoms with Gasteiger partial charge in [0.25, 0.3) is 5.91 Å². The molecule has 0 spiro atoms. The Morgan fingerprint density at radius 1 is 1.10 bits per heavy atom. The van der Waals surface area contributed by atoms with Crippen molar-refractivity contribution >= 4 is 44.5 Å². The van der Waals surface area contributed by atoms with Gasteiger partial charge in [0, 0.05) is 30.0 Å². The largest absolute Gasteiger partial charge is 0.497 e. The van der Waals surface area contributed by atoms with Crippen LogP contribution in [0.1, 0.15) is 72.1 Å². The van der Waals surface area contributed by atoms with Gasteiger partial charge in [0.15, 0.2) is 0 Å². The maximum absolute atomic E-state index is 14.5. The molecule has 3 saturated carbocycles. The molecule has 15 heteroatoms. The Kier molecular flexibility index (Phi) is 9.96. The minimum absolute atomic E-state index is 0.0101. The number of fused-ring (bicyclic) bond motifs is 1. The highest BCUT2D eigenvalue weighted by molar-refractivity contribution is 7.91. The van der Waals surface area contributed by atoms with E-state index in [4.69, 9.17) is 9.47 Å². The van der Waals surface area contributed by atoms with Gasteiger partial charge in [-0.3, -0.25) is 19.1 Å². The fourth-order valence-corrected chi connectivity index (χ4v) is 8.51. The van der Waals surface area contributed by atoms with Crippen LogP contribution in [-0.2, 0) is 24.4 Å². The molecule has 3 aliphatic carbocycles. The average Bonchev–Trinajstić information content (AvgIpc) is 3.96. The molecule has 5 atom stereocenters. The van der Waals surface area contributed by atoms with Crippen LogP contribution < -0.4 is 30.1 Å². The SMILES string of the molecule is C=C[C@@H]1C[C@]1(NC(=O)[C@@H]1C[C@@H](Oc2nccc3cc(OC)ccc23)CN1C(=O)[C@@H](NC(=O)NC1CCCC1)C(C)(C)C)C(=O)NS(=O)(=O)C1CC1. The molecule has 276 valence electrons. The summed E-state index contributed by atoms with van der Waals surface area (Å²) in [5, 5.41) is 9.56. The van der Waals surface area contributed by atoms with E-state index in [1.165, 1.54) is 11.0 Å². The molecule has 14 nitrogen and oxygen atoms in total. The number of amides is 5. The van der Waals surface area contributed by atoms with Crippen molar-refractivity contribution in [3.8, 4) is 11.6 Å². The van der Waals surface area contributed by atoms with Gasteiger partial charge in [0.2, 0.25) is 27.7 Å². The van der Waals surface area contributed by atoms with Crippen LogP contribution in [-0.4, -0.2) is 90.7 Å². The number of nitrogens with zero attached hydrogens (tertiary/aromatic N) is 2. The molecular formula is C36H48N6O8S. The first-order valence-electron chi connectivity index (χ1n) is 17.6. The van der Waals surface area contributed by atoms with Crippen LogP contribution in [0.4, 0.5) is 4.79 Å². The normalized spacial score (nSPS) is 25.5. The van der Waals surface area contributed by atoms with Gasteiger partial charge in [-0.15, -0.1) is 6.58 Å². The van der Waals surface area contributed by atoms with Gasteiger partial charge < -0.3 is 30.3 Å². The third kappa shape index (κ3) is 7.77. The number of pyridine rings is 1. The van der Waals surface area contributed by atoms with E-state index in [0.717, 1.165) is 31.1 Å². The number of benzene rings is 1. The van der Waals surface area contributed by atoms with Crippen LogP contribution in [0.2, 0.25) is 0 Å². The Labute approximate surface area is 298 Å². The Hall–Kier alpha value is -4.40. The highest BCUT2D eigenvalue weighted by atomic mass is 32.2. The average molecular weight is 725 g/mol. The lowest BCUT2D eigenvalue weighted by Crippen LogP contribution is -2.61. The first-order chi connectivity index (χ1) is 24.1. The third-order valence-corrected chi connectivity index (χ3v) is 12.2. The summed E-state index contributed by atoms with van der Waals surface area (Å²) in [6, 6.07) is 4.71. The molecule has 4 N–H and O–H groups in total. The van der Waals surface area contributed by atoms with Crippen molar-refractivity contribution in [3.05, 3.63) is 43.1 Å². The molecule has 0 bridgehead atoms. The van der Waals surface area contributed by atoms with Crippen LogP contribution in [0.15, 0.2) is 43.1 Å². The zero-order valence-corrected chi connectivity index (χ0v) is 30.4. The van der Waals surface area contributed by atoms with Crippen molar-refractivity contribution in [2.24, 2.45) is 11.3 Å². The van der Waals surface area contributed by atoms with E-state index in [2.05, 4.69) is 32.2 Å². The van der Waals surface area contributed by atoms with Gasteiger partial charge in [-0.25, -0.2) is 18.2 Å². The number of carbonyl (C=O) groups excluding carboxylic acids is 4. The van der Waals surface area contributed by atoms with E-state index in [-0.39, 0.29) is 25.4 Å². The van der Waals surface area contributed by atoms with E-state index >= 15 is 0 Å². The molecule has 6 rings (SSSR count). The molecule has 1 aliphatic heterocycles. The predicted molar refractivity (Wildman–Crippen MR) is 189 cm³/mol. The minimum Gasteiger partial charge on any atom is -0.497 e. The lowest BCUT2D eigenvalue weighted by Gasteiger charge is -2.35. The first kappa shape index (κ1) is 36.4. The van der Waals surface area contributed by atoms with E-state index < -0.39 is 74.1 Å². The van der Waals surface area contributed by atoms with Gasteiger partial charge in [0.05, 0.1) is 18.9 Å². The van der Waals surface area contributed by atoms with Crippen LogP contribution in [0.5, 0.6) is 11.6 Å². The second-order valence-electron chi connectivity index (χ2n) is 15.3. The molecule has 2 heterocycles. The zero-order valence-electron chi connectivity index (χ0n) is 29.6. The predicted octanol–water partition coefficient (Wildman–Crippen LogP) is 2.92. The summed E-state index contributed by atoms with van der Waals surface area (Å²) in [5.74, 6) is -1.50. The highest BCUT2D eigenvalue weighted by Crippen LogP contribution is 2.45. The zero-order chi connectivity index (χ0) is 36.7. The fraction of sp³-hybridized carbons (Fsp3) is 0.583. The monoisotopic (exact) mass is 724 g/mol. The second kappa shape index (κ2) is 14.0. The summed E-state index contributed by atoms with van der Waals surface area (Å²) in [4.78, 5) is 61.2. The number of sulfonamides is 1. The van der Waals surface area contributed by atoms with Gasteiger partial charge in [0.1, 0.15) is 29.5 Å². The topological polar surface area (TPSA) is 185 Å². The molecule has 1 aromatic heterocycles. The van der Waals surface area contributed by atoms with Crippen molar-refractivity contribution in [3.63, 3.8) is 0 Å². The summed E-state index contributed by atoms with van der Waals surface area (Å²) in [6.07, 6.45) is 7.35. The number of carbonyl (C=O) groups is 4. The molecule has 0 radical (unpaired) electrons. The third-order valence-electron chi connectivity index (χ3n) is 10.4. The number of urea groups is 1. The Balaban J connectivity index is 1.27. The Morgan fingerprint density at radius 2 is 1.82 bits per heavy atom. The van der Waals surface area contributed by atoms with Gasteiger partial charge in [-0.1, -0.05) is 39.7 Å². The summed E-state index contributed by atoms with van der Waals surface area (Å²) in [7, 11) is -2.31. The summed E-state index contributed by atoms with van der Waals surface area (Å²) in [5.41, 5.74) is -2.28. The smallest absolute Gasteiger partial charge is 0.315 e. The number of nitrogens with one attached hydrogen (secondary N) is 4. The quantitative estimate of drug-likeness (QED) is 0.239. The number of methoxy groups -OCH3 is 1. The number of hydrogen-bond acceptors (Lipinski definition) is 9. The lowest BCUT2D eigenvalue weighted by molar-refractivity contribution is -0.142. The van der Waals surface area contributed by atoms with Gasteiger partial charge >= 0.3 is 6.03 Å². The van der Waals surface area contributed by atoms with E-state index in [1.54, 1.807) is 19.4 Å². The molecule has 1 aromatic carbocycles. The van der Waals surface area contributed by atoms with Crippen LogP contribution in [0.25, 0.3) is 10.8 Å². The molecule has 51 heavy (non-hydrogen) atoms. The van der Waals surface area contributed by atoms with Crippen LogP contribution >= 0.6 is 0 Å². The number of hydrogen-bond donors (Lipinski definition) is 4. The summed E-state index contributed by atoms with van der Waals surface area (Å²) in [6.45, 7) is 9.26. The van der Waals surface area contributed by atoms with E-state index in [9.17, 15) is 27.6 Å². The van der Waals surface area contributed by atoms with Gasteiger partial charge in [-0.2, -0.15) is 0 Å². The maximum Gasteiger partial charge on any atom is 0.315 e. The van der Waals surface area contributed by atoms with E-state index in [1.807, 2.05) is 39.0 Å². The molecular weight excluding hydrogens is 676 g/mol. The Morgan fingerprint density at radius 3 is 2.45 bits per heavy atom. The molecule has 4 fully saturated rings. The number of ether oxygens (including phenoxy) is 2. The van der Waals surface area contributed by atoms with Crippen molar-refractivity contribution in [1.29, 1.82) is 0 Å². The molecule has 4 aliphatic rings. The fourth-order valence-electron chi connectivity index (χ4n) is 7.14. The standard InChI is InChI=1S/C36H48N6O8S/c1-6-22-19-36(22,33(45)41-51(47,48)26-12-13-26)40-30(43)28-18-25(50-31-27-14-11-24(49-5)17-21(27)15-16-37-31)20-42(28)32(44)29(35(2,3)4)39-34(46)38-23-9-7-8-10-23/h6,11,14-17,22-23,25-26,28-29H,1,7-10,12-13,18-20H2,2-5H3,(H,40,43)(H,41,45)(H2,38,39,46)/t22-,25-,28+,29-,36-/m1/s1. The first-order valence-corrected chi connectivity index (χ1v) is 19.2. The summed E-state index contributed by atoms with van der Waals surface area (Å²) < 4.78 is 39.3. The van der Waals surface area contributed by atoms with Gasteiger partial charge in [-0.05, 0) is 67.2 Å².